The summed E-state index contributed by atoms with van der Waals surface area (Å²) in [6, 6.07) is 0. The molecule has 1 aromatic rings. The summed E-state index contributed by atoms with van der Waals surface area (Å²) in [6.07, 6.45) is 6.72. The summed E-state index contributed by atoms with van der Waals surface area (Å²) in [5, 5.41) is 14.9. The Morgan fingerprint density at radius 3 is 2.75 bits per heavy atom. The van der Waals surface area contributed by atoms with E-state index in [1.54, 1.807) is 13.4 Å². The number of methoxy groups -OCH3 is 1. The third-order valence-electron chi connectivity index (χ3n) is 4.64. The molecule has 0 aliphatic heterocycles. The van der Waals surface area contributed by atoms with Crippen LogP contribution in [-0.4, -0.2) is 47.5 Å². The van der Waals surface area contributed by atoms with Crippen LogP contribution in [-0.2, 0) is 17.8 Å². The van der Waals surface area contributed by atoms with Crippen LogP contribution in [0.15, 0.2) is 11.3 Å². The Labute approximate surface area is 162 Å². The topological polar surface area (TPSA) is 76.4 Å². The molecule has 0 unspecified atom stereocenters. The van der Waals surface area contributed by atoms with E-state index in [4.69, 9.17) is 4.74 Å². The number of ether oxygens (including phenoxy) is 1. The second-order valence-corrected chi connectivity index (χ2v) is 6.18. The highest BCUT2D eigenvalue weighted by atomic mass is 127. The van der Waals surface area contributed by atoms with E-state index in [1.807, 2.05) is 4.57 Å². The number of nitrogens with one attached hydrogen (secondary N) is 2. The highest BCUT2D eigenvalue weighted by Crippen LogP contribution is 2.43. The number of hydrogen-bond donors (Lipinski definition) is 2. The lowest BCUT2D eigenvalue weighted by molar-refractivity contribution is 0.0732. The average molecular weight is 450 g/mol. The molecule has 8 heteroatoms. The summed E-state index contributed by atoms with van der Waals surface area (Å²) in [4.78, 5) is 4.65. The minimum absolute atomic E-state index is 0. The fourth-order valence-corrected chi connectivity index (χ4v) is 2.94. The van der Waals surface area contributed by atoms with Gasteiger partial charge >= 0.3 is 0 Å². The van der Waals surface area contributed by atoms with E-state index in [9.17, 15) is 0 Å². The van der Waals surface area contributed by atoms with Crippen LogP contribution in [0.25, 0.3) is 0 Å². The molecule has 1 aromatic heterocycles. The van der Waals surface area contributed by atoms with Gasteiger partial charge in [0, 0.05) is 33.4 Å². The second kappa shape index (κ2) is 10.9. The first-order valence-electron chi connectivity index (χ1n) is 8.61. The molecule has 0 amide bonds. The van der Waals surface area contributed by atoms with Crippen molar-refractivity contribution < 1.29 is 4.74 Å². The summed E-state index contributed by atoms with van der Waals surface area (Å²) in [5.74, 6) is 1.74. The average Bonchev–Trinajstić information content (AvgIpc) is 2.98. The summed E-state index contributed by atoms with van der Waals surface area (Å²) in [6.45, 7) is 8.18. The molecule has 0 bridgehead atoms. The molecule has 0 aromatic carbocycles. The van der Waals surface area contributed by atoms with Crippen LogP contribution in [0.5, 0.6) is 0 Å². The Morgan fingerprint density at radius 2 is 2.17 bits per heavy atom. The molecule has 1 aliphatic rings. The largest absolute Gasteiger partial charge is 0.385 e. The van der Waals surface area contributed by atoms with E-state index in [1.165, 1.54) is 19.3 Å². The van der Waals surface area contributed by atoms with Crippen molar-refractivity contribution in [2.75, 3.05) is 26.8 Å². The van der Waals surface area contributed by atoms with Gasteiger partial charge in [-0.1, -0.05) is 6.42 Å². The van der Waals surface area contributed by atoms with E-state index < -0.39 is 0 Å². The number of aromatic nitrogens is 3. The molecule has 1 aliphatic carbocycles. The van der Waals surface area contributed by atoms with Crippen LogP contribution in [0, 0.1) is 5.41 Å². The molecule has 2 rings (SSSR count). The third kappa shape index (κ3) is 5.87. The van der Waals surface area contributed by atoms with Crippen LogP contribution < -0.4 is 10.6 Å². The minimum atomic E-state index is 0. The van der Waals surface area contributed by atoms with Crippen LogP contribution in [0.2, 0.25) is 0 Å². The number of nitrogens with zero attached hydrogens (tertiary/aromatic N) is 4. The van der Waals surface area contributed by atoms with Gasteiger partial charge in [-0.25, -0.2) is 4.99 Å². The van der Waals surface area contributed by atoms with Gasteiger partial charge in [0.25, 0.3) is 0 Å². The van der Waals surface area contributed by atoms with Crippen molar-refractivity contribution in [1.82, 2.24) is 25.4 Å². The third-order valence-corrected chi connectivity index (χ3v) is 4.64. The molecule has 0 radical (unpaired) electrons. The predicted molar refractivity (Wildman–Crippen MR) is 107 cm³/mol. The van der Waals surface area contributed by atoms with Crippen molar-refractivity contribution in [2.45, 2.75) is 52.6 Å². The Hall–Kier alpha value is -0.900. The fourth-order valence-electron chi connectivity index (χ4n) is 2.94. The van der Waals surface area contributed by atoms with Crippen LogP contribution in [0.4, 0.5) is 0 Å². The molecule has 2 N–H and O–H groups in total. The number of aryl methyl sites for hydroxylation is 1. The number of rotatable bonds is 9. The predicted octanol–water partition coefficient (Wildman–Crippen LogP) is 2.18. The lowest BCUT2D eigenvalue weighted by Crippen LogP contribution is -2.47. The van der Waals surface area contributed by atoms with Crippen LogP contribution in [0.1, 0.15) is 45.4 Å². The summed E-state index contributed by atoms with van der Waals surface area (Å²) in [7, 11) is 1.77. The number of hydrogen-bond acceptors (Lipinski definition) is 4. The van der Waals surface area contributed by atoms with Gasteiger partial charge in [-0.3, -0.25) is 0 Å². The Balaban J connectivity index is 0.00000288. The quantitative estimate of drug-likeness (QED) is 0.343. The SMILES string of the molecule is CCNC(=NCc1nncn1CC)NCC1(CCOC)CCC1.I. The van der Waals surface area contributed by atoms with E-state index in [0.29, 0.717) is 12.0 Å². The lowest BCUT2D eigenvalue weighted by atomic mass is 9.67. The Bertz CT molecular complexity index is 501. The molecular weight excluding hydrogens is 419 g/mol. The van der Waals surface area contributed by atoms with Crippen molar-refractivity contribution in [3.05, 3.63) is 12.2 Å². The zero-order valence-electron chi connectivity index (χ0n) is 15.0. The molecule has 1 fully saturated rings. The van der Waals surface area contributed by atoms with Gasteiger partial charge in [0.15, 0.2) is 11.8 Å². The molecular formula is C16H31IN6O. The molecule has 1 heterocycles. The van der Waals surface area contributed by atoms with E-state index >= 15 is 0 Å². The van der Waals surface area contributed by atoms with Gasteiger partial charge in [0.2, 0.25) is 0 Å². The van der Waals surface area contributed by atoms with Crippen molar-refractivity contribution in [3.63, 3.8) is 0 Å². The van der Waals surface area contributed by atoms with Gasteiger partial charge in [0.1, 0.15) is 12.9 Å². The Kier molecular flexibility index (Phi) is 9.57. The normalized spacial score (nSPS) is 16.2. The maximum Gasteiger partial charge on any atom is 0.191 e. The molecule has 0 atom stereocenters. The standard InChI is InChI=1S/C16H30N6O.HI/c1-4-17-15(18-11-14-21-20-13-22(14)5-2)19-12-16(7-6-8-16)9-10-23-3;/h13H,4-12H2,1-3H3,(H2,17,18,19);1H. The van der Waals surface area contributed by atoms with Gasteiger partial charge in [0.05, 0.1) is 0 Å². The van der Waals surface area contributed by atoms with Crippen molar-refractivity contribution >= 4 is 29.9 Å². The number of guanidine groups is 1. The molecule has 0 spiro atoms. The minimum Gasteiger partial charge on any atom is -0.385 e. The molecule has 24 heavy (non-hydrogen) atoms. The highest BCUT2D eigenvalue weighted by Gasteiger charge is 2.36. The Morgan fingerprint density at radius 1 is 1.38 bits per heavy atom. The molecule has 138 valence electrons. The van der Waals surface area contributed by atoms with Gasteiger partial charge in [-0.15, -0.1) is 34.2 Å². The first kappa shape index (κ1) is 21.1. The zero-order chi connectivity index (χ0) is 16.5. The first-order chi connectivity index (χ1) is 11.2. The fraction of sp³-hybridized carbons (Fsp3) is 0.812. The monoisotopic (exact) mass is 450 g/mol. The molecule has 7 nitrogen and oxygen atoms in total. The highest BCUT2D eigenvalue weighted by molar-refractivity contribution is 14.0. The van der Waals surface area contributed by atoms with E-state index in [-0.39, 0.29) is 24.0 Å². The van der Waals surface area contributed by atoms with E-state index in [2.05, 4.69) is 39.7 Å². The van der Waals surface area contributed by atoms with Crippen LogP contribution >= 0.6 is 24.0 Å². The maximum atomic E-state index is 5.26. The number of halogens is 1. The summed E-state index contributed by atoms with van der Waals surface area (Å²) in [5.41, 5.74) is 0.371. The van der Waals surface area contributed by atoms with Crippen LogP contribution in [0.3, 0.4) is 0 Å². The first-order valence-corrected chi connectivity index (χ1v) is 8.61. The zero-order valence-corrected chi connectivity index (χ0v) is 17.4. The lowest BCUT2D eigenvalue weighted by Gasteiger charge is -2.42. The van der Waals surface area contributed by atoms with E-state index in [0.717, 1.165) is 44.4 Å². The van der Waals surface area contributed by atoms with Gasteiger partial charge < -0.3 is 19.9 Å². The molecule has 0 saturated heterocycles. The van der Waals surface area contributed by atoms with Gasteiger partial charge in [-0.05, 0) is 38.5 Å². The molecule has 1 saturated carbocycles. The van der Waals surface area contributed by atoms with Crippen molar-refractivity contribution in [1.29, 1.82) is 0 Å². The summed E-state index contributed by atoms with van der Waals surface area (Å²) >= 11 is 0. The second-order valence-electron chi connectivity index (χ2n) is 6.18. The number of aliphatic imine (C=N–C) groups is 1. The summed E-state index contributed by atoms with van der Waals surface area (Å²) < 4.78 is 7.27. The smallest absolute Gasteiger partial charge is 0.191 e. The van der Waals surface area contributed by atoms with Crippen molar-refractivity contribution in [2.24, 2.45) is 10.4 Å². The maximum absolute atomic E-state index is 5.26. The van der Waals surface area contributed by atoms with Crippen molar-refractivity contribution in [3.8, 4) is 0 Å². The van der Waals surface area contributed by atoms with Gasteiger partial charge in [-0.2, -0.15) is 0 Å².